The fraction of sp³-hybridized carbons (Fsp3) is 1.00. The van der Waals surface area contributed by atoms with Crippen molar-refractivity contribution in [1.82, 2.24) is 14.7 Å². The Morgan fingerprint density at radius 3 is 1.76 bits per heavy atom. The summed E-state index contributed by atoms with van der Waals surface area (Å²) in [5.74, 6) is 0. The van der Waals surface area contributed by atoms with Crippen LogP contribution in [0.3, 0.4) is 0 Å². The van der Waals surface area contributed by atoms with Crippen molar-refractivity contribution >= 4 is 0 Å². The van der Waals surface area contributed by atoms with Gasteiger partial charge in [-0.25, -0.2) is 0 Å². The number of piperidine rings is 3. The first-order valence-corrected chi connectivity index (χ1v) is 14.2. The standard InChI is InChI=1S/C15H30N2.C14H27NO/c1-13(2)17-10-8-15(11-14(17,3)4)7-6-9-16(5)12-15;1-12(2)15-9-8-14(11-13(15,3)4)7-5-6-10-16-14/h13H,6-12H2,1-5H3;12H,5-11H2,1-4H3. The number of likely N-dealkylation sites (tertiary alicyclic amines) is 3. The molecule has 0 aromatic heterocycles. The van der Waals surface area contributed by atoms with Crippen molar-refractivity contribution in [2.45, 2.75) is 142 Å². The van der Waals surface area contributed by atoms with E-state index in [4.69, 9.17) is 4.74 Å². The molecule has 4 heteroatoms. The van der Waals surface area contributed by atoms with Gasteiger partial charge in [0.1, 0.15) is 0 Å². The van der Waals surface area contributed by atoms with Crippen molar-refractivity contribution in [2.75, 3.05) is 39.8 Å². The molecule has 0 aliphatic carbocycles. The van der Waals surface area contributed by atoms with Gasteiger partial charge in [0.15, 0.2) is 0 Å². The fourth-order valence-electron chi connectivity index (χ4n) is 8.34. The average molecular weight is 464 g/mol. The molecule has 0 bridgehead atoms. The Morgan fingerprint density at radius 2 is 1.27 bits per heavy atom. The van der Waals surface area contributed by atoms with E-state index in [0.717, 1.165) is 6.61 Å². The van der Waals surface area contributed by atoms with Crippen LogP contribution in [-0.2, 0) is 4.74 Å². The summed E-state index contributed by atoms with van der Waals surface area (Å²) >= 11 is 0. The van der Waals surface area contributed by atoms with Gasteiger partial charge in [0.25, 0.3) is 0 Å². The summed E-state index contributed by atoms with van der Waals surface area (Å²) in [4.78, 5) is 7.88. The topological polar surface area (TPSA) is 19.0 Å². The summed E-state index contributed by atoms with van der Waals surface area (Å²) in [6, 6.07) is 1.33. The van der Waals surface area contributed by atoms with Crippen molar-refractivity contribution in [2.24, 2.45) is 5.41 Å². The van der Waals surface area contributed by atoms with E-state index < -0.39 is 0 Å². The molecule has 0 aromatic carbocycles. The first-order valence-electron chi connectivity index (χ1n) is 14.2. The van der Waals surface area contributed by atoms with Crippen LogP contribution >= 0.6 is 0 Å². The number of hydrogen-bond donors (Lipinski definition) is 0. The van der Waals surface area contributed by atoms with Gasteiger partial charge in [0.2, 0.25) is 0 Å². The van der Waals surface area contributed by atoms with Crippen LogP contribution in [0.1, 0.15) is 113 Å². The Morgan fingerprint density at radius 1 is 0.667 bits per heavy atom. The Kier molecular flexibility index (Phi) is 8.68. The zero-order valence-corrected chi connectivity index (χ0v) is 23.8. The van der Waals surface area contributed by atoms with E-state index in [1.165, 1.54) is 84.0 Å². The molecule has 0 N–H and O–H groups in total. The molecule has 0 aromatic rings. The zero-order chi connectivity index (χ0) is 24.5. The van der Waals surface area contributed by atoms with E-state index in [-0.39, 0.29) is 5.60 Å². The van der Waals surface area contributed by atoms with Crippen molar-refractivity contribution in [1.29, 1.82) is 0 Å². The zero-order valence-electron chi connectivity index (χ0n) is 23.8. The maximum absolute atomic E-state index is 6.14. The van der Waals surface area contributed by atoms with Gasteiger partial charge >= 0.3 is 0 Å². The summed E-state index contributed by atoms with van der Waals surface area (Å²) in [6.07, 6.45) is 12.0. The largest absolute Gasteiger partial charge is 0.375 e. The second-order valence-electron chi connectivity index (χ2n) is 13.9. The maximum Gasteiger partial charge on any atom is 0.0712 e. The van der Waals surface area contributed by atoms with Crippen molar-refractivity contribution in [3.8, 4) is 0 Å². The van der Waals surface area contributed by atoms with Gasteiger partial charge in [0.05, 0.1) is 5.60 Å². The van der Waals surface area contributed by atoms with E-state index in [0.29, 0.717) is 28.6 Å². The van der Waals surface area contributed by atoms with Crippen molar-refractivity contribution in [3.63, 3.8) is 0 Å². The lowest BCUT2D eigenvalue weighted by Gasteiger charge is -2.55. The third kappa shape index (κ3) is 6.54. The molecule has 0 amide bonds. The summed E-state index contributed by atoms with van der Waals surface area (Å²) in [5, 5.41) is 0. The molecular weight excluding hydrogens is 406 g/mol. The van der Waals surface area contributed by atoms with E-state index in [1.54, 1.807) is 0 Å². The van der Waals surface area contributed by atoms with Crippen LogP contribution in [0.4, 0.5) is 0 Å². The maximum atomic E-state index is 6.14. The highest BCUT2D eigenvalue weighted by molar-refractivity contribution is 5.01. The Labute approximate surface area is 206 Å². The van der Waals surface area contributed by atoms with Crippen molar-refractivity contribution in [3.05, 3.63) is 0 Å². The SMILES string of the molecule is CC(C)N1CCC2(CCCCO2)CC1(C)C.CC(C)N1CCC2(CCCN(C)C2)CC1(C)C. The van der Waals surface area contributed by atoms with Crippen LogP contribution in [0.25, 0.3) is 0 Å². The van der Waals surface area contributed by atoms with E-state index >= 15 is 0 Å². The van der Waals surface area contributed by atoms with Crippen LogP contribution in [0.5, 0.6) is 0 Å². The van der Waals surface area contributed by atoms with Gasteiger partial charge < -0.3 is 9.64 Å². The third-order valence-corrected chi connectivity index (χ3v) is 9.34. The quantitative estimate of drug-likeness (QED) is 0.486. The Hall–Kier alpha value is -0.160. The molecule has 2 atom stereocenters. The molecular formula is C29H57N3O. The molecule has 4 nitrogen and oxygen atoms in total. The molecule has 2 unspecified atom stereocenters. The van der Waals surface area contributed by atoms with Crippen LogP contribution in [0, 0.1) is 5.41 Å². The molecule has 4 aliphatic rings. The Bertz CT molecular complexity index is 622. The van der Waals surface area contributed by atoms with E-state index in [9.17, 15) is 0 Å². The first kappa shape index (κ1) is 27.4. The monoisotopic (exact) mass is 463 g/mol. The van der Waals surface area contributed by atoms with Gasteiger partial charge in [-0.2, -0.15) is 0 Å². The third-order valence-electron chi connectivity index (χ3n) is 9.34. The van der Waals surface area contributed by atoms with Gasteiger partial charge in [-0.15, -0.1) is 0 Å². The molecule has 4 rings (SSSR count). The van der Waals surface area contributed by atoms with E-state index in [2.05, 4.69) is 77.1 Å². The molecule has 4 saturated heterocycles. The van der Waals surface area contributed by atoms with Crippen LogP contribution in [0.2, 0.25) is 0 Å². The van der Waals surface area contributed by atoms with Crippen LogP contribution in [0.15, 0.2) is 0 Å². The number of rotatable bonds is 2. The highest BCUT2D eigenvalue weighted by atomic mass is 16.5. The minimum Gasteiger partial charge on any atom is -0.375 e. The summed E-state index contributed by atoms with van der Waals surface area (Å²) in [5.41, 5.74) is 1.50. The minimum absolute atomic E-state index is 0.215. The Balaban J connectivity index is 0.000000186. The highest BCUT2D eigenvalue weighted by Crippen LogP contribution is 2.46. The lowest BCUT2D eigenvalue weighted by Crippen LogP contribution is -2.59. The minimum atomic E-state index is 0.215. The lowest BCUT2D eigenvalue weighted by molar-refractivity contribution is -0.146. The van der Waals surface area contributed by atoms with E-state index in [1.807, 2.05) is 0 Å². The molecule has 0 radical (unpaired) electrons. The predicted octanol–water partition coefficient (Wildman–Crippen LogP) is 6.19. The molecule has 4 aliphatic heterocycles. The second-order valence-corrected chi connectivity index (χ2v) is 13.9. The van der Waals surface area contributed by atoms with Gasteiger partial charge in [0, 0.05) is 42.9 Å². The lowest BCUT2D eigenvalue weighted by atomic mass is 9.66. The molecule has 4 fully saturated rings. The second kappa shape index (κ2) is 10.4. The van der Waals surface area contributed by atoms with Gasteiger partial charge in [-0.3, -0.25) is 9.80 Å². The number of hydrogen-bond acceptors (Lipinski definition) is 4. The first-order chi connectivity index (χ1) is 15.3. The van der Waals surface area contributed by atoms with Crippen LogP contribution < -0.4 is 0 Å². The molecule has 4 heterocycles. The smallest absolute Gasteiger partial charge is 0.0712 e. The van der Waals surface area contributed by atoms with Crippen LogP contribution in [-0.4, -0.2) is 83.3 Å². The number of ether oxygens (including phenoxy) is 1. The normalized spacial score (nSPS) is 35.7. The molecule has 33 heavy (non-hydrogen) atoms. The highest BCUT2D eigenvalue weighted by Gasteiger charge is 2.47. The summed E-state index contributed by atoms with van der Waals surface area (Å²) in [6.45, 7) is 25.0. The molecule has 0 saturated carbocycles. The van der Waals surface area contributed by atoms with Crippen molar-refractivity contribution < 1.29 is 4.74 Å². The molecule has 194 valence electrons. The van der Waals surface area contributed by atoms with Gasteiger partial charge in [-0.05, 0) is 139 Å². The molecule has 2 spiro atoms. The number of nitrogens with zero attached hydrogens (tertiary/aromatic N) is 3. The fourth-order valence-corrected chi connectivity index (χ4v) is 8.34. The van der Waals surface area contributed by atoms with Gasteiger partial charge in [-0.1, -0.05) is 0 Å². The predicted molar refractivity (Wildman–Crippen MR) is 142 cm³/mol. The average Bonchev–Trinajstić information content (AvgIpc) is 2.66. The summed E-state index contributed by atoms with van der Waals surface area (Å²) in [7, 11) is 2.29. The summed E-state index contributed by atoms with van der Waals surface area (Å²) < 4.78 is 6.14.